The molecule has 6 nitrogen and oxygen atoms in total. The van der Waals surface area contributed by atoms with Crippen LogP contribution in [0, 0.1) is 13.8 Å². The highest BCUT2D eigenvalue weighted by molar-refractivity contribution is 7.92. The van der Waals surface area contributed by atoms with Gasteiger partial charge in [0.25, 0.3) is 15.9 Å². The van der Waals surface area contributed by atoms with Crippen LogP contribution in [0.25, 0.3) is 0 Å². The average Bonchev–Trinajstić information content (AvgIpc) is 2.71. The van der Waals surface area contributed by atoms with Gasteiger partial charge in [-0.1, -0.05) is 23.8 Å². The Kier molecular flexibility index (Phi) is 6.42. The minimum Gasteiger partial charge on any atom is -0.494 e. The molecule has 3 aromatic rings. The van der Waals surface area contributed by atoms with Gasteiger partial charge in [-0.2, -0.15) is 0 Å². The summed E-state index contributed by atoms with van der Waals surface area (Å²) in [6.45, 7) is 6.13. The fourth-order valence-corrected chi connectivity index (χ4v) is 3.92. The van der Waals surface area contributed by atoms with Crippen LogP contribution in [0.5, 0.6) is 5.75 Å². The predicted molar refractivity (Wildman–Crippen MR) is 119 cm³/mol. The van der Waals surface area contributed by atoms with E-state index in [1.165, 1.54) is 6.07 Å². The van der Waals surface area contributed by atoms with Crippen molar-refractivity contribution in [2.24, 2.45) is 0 Å². The van der Waals surface area contributed by atoms with Gasteiger partial charge < -0.3 is 10.1 Å². The van der Waals surface area contributed by atoms with E-state index in [-0.39, 0.29) is 10.8 Å². The Hall–Kier alpha value is -3.32. The van der Waals surface area contributed by atoms with E-state index >= 15 is 0 Å². The van der Waals surface area contributed by atoms with Crippen molar-refractivity contribution in [3.05, 3.63) is 83.4 Å². The molecule has 0 radical (unpaired) electrons. The predicted octanol–water partition coefficient (Wildman–Crippen LogP) is 4.76. The largest absolute Gasteiger partial charge is 0.494 e. The highest BCUT2D eigenvalue weighted by atomic mass is 32.2. The van der Waals surface area contributed by atoms with E-state index in [0.717, 1.165) is 11.3 Å². The first-order valence-electron chi connectivity index (χ1n) is 9.53. The Labute approximate surface area is 177 Å². The number of carbonyl (C=O) groups is 1. The third kappa shape index (κ3) is 5.18. The maximum absolute atomic E-state index is 12.7. The van der Waals surface area contributed by atoms with Crippen LogP contribution in [0.2, 0.25) is 0 Å². The van der Waals surface area contributed by atoms with Crippen molar-refractivity contribution in [3.8, 4) is 5.75 Å². The minimum absolute atomic E-state index is 0.164. The molecule has 0 atom stereocenters. The molecule has 3 aromatic carbocycles. The number of anilines is 2. The van der Waals surface area contributed by atoms with Crippen LogP contribution < -0.4 is 14.8 Å². The second kappa shape index (κ2) is 9.00. The fraction of sp³-hybridized carbons (Fsp3) is 0.174. The number of hydrogen-bond acceptors (Lipinski definition) is 4. The highest BCUT2D eigenvalue weighted by Gasteiger charge is 2.16. The monoisotopic (exact) mass is 424 g/mol. The van der Waals surface area contributed by atoms with E-state index in [4.69, 9.17) is 4.74 Å². The maximum Gasteiger partial charge on any atom is 0.261 e. The van der Waals surface area contributed by atoms with Gasteiger partial charge in [0, 0.05) is 11.3 Å². The molecule has 0 fully saturated rings. The number of amides is 1. The number of nitrogens with one attached hydrogen (secondary N) is 2. The van der Waals surface area contributed by atoms with Gasteiger partial charge >= 0.3 is 0 Å². The lowest BCUT2D eigenvalue weighted by Crippen LogP contribution is -2.16. The molecule has 0 aromatic heterocycles. The number of hydrogen-bond donors (Lipinski definition) is 2. The van der Waals surface area contributed by atoms with Crippen LogP contribution in [-0.4, -0.2) is 20.9 Å². The van der Waals surface area contributed by atoms with Crippen molar-refractivity contribution in [1.82, 2.24) is 0 Å². The third-order valence-corrected chi connectivity index (χ3v) is 5.88. The number of carbonyl (C=O) groups excluding carboxylic acids is 1. The van der Waals surface area contributed by atoms with E-state index in [1.807, 2.05) is 13.8 Å². The molecule has 0 saturated carbocycles. The van der Waals surface area contributed by atoms with E-state index < -0.39 is 10.0 Å². The Morgan fingerprint density at radius 2 is 1.60 bits per heavy atom. The van der Waals surface area contributed by atoms with Gasteiger partial charge in [-0.25, -0.2) is 8.42 Å². The molecular weight excluding hydrogens is 400 g/mol. The molecule has 1 amide bonds. The first-order valence-corrected chi connectivity index (χ1v) is 11.0. The lowest BCUT2D eigenvalue weighted by atomic mass is 10.1. The third-order valence-electron chi connectivity index (χ3n) is 4.50. The lowest BCUT2D eigenvalue weighted by Gasteiger charge is -2.13. The van der Waals surface area contributed by atoms with Gasteiger partial charge in [-0.3, -0.25) is 9.52 Å². The standard InChI is InChI=1S/C23H24N2O4S/c1-4-29-20-11-9-19(10-12-20)24-23(26)18-8-7-17(3)22(15-18)25-30(27,28)21-13-5-16(2)6-14-21/h5-15,25H,4H2,1-3H3,(H,24,26). The lowest BCUT2D eigenvalue weighted by molar-refractivity contribution is 0.102. The summed E-state index contributed by atoms with van der Waals surface area (Å²) in [5.74, 6) is 0.383. The second-order valence-corrected chi connectivity index (χ2v) is 8.54. The molecule has 30 heavy (non-hydrogen) atoms. The van der Waals surface area contributed by atoms with Crippen LogP contribution in [0.3, 0.4) is 0 Å². The average molecular weight is 425 g/mol. The molecule has 2 N–H and O–H groups in total. The number of aryl methyl sites for hydroxylation is 2. The summed E-state index contributed by atoms with van der Waals surface area (Å²) < 4.78 is 33.4. The van der Waals surface area contributed by atoms with Crippen LogP contribution in [-0.2, 0) is 10.0 Å². The topological polar surface area (TPSA) is 84.5 Å². The molecule has 7 heteroatoms. The van der Waals surface area contributed by atoms with Crippen molar-refractivity contribution in [2.45, 2.75) is 25.7 Å². The van der Waals surface area contributed by atoms with Gasteiger partial charge in [0.1, 0.15) is 5.75 Å². The number of benzene rings is 3. The van der Waals surface area contributed by atoms with Gasteiger partial charge in [0.05, 0.1) is 17.2 Å². The summed E-state index contributed by atoms with van der Waals surface area (Å²) in [5, 5.41) is 2.80. The van der Waals surface area contributed by atoms with E-state index in [1.54, 1.807) is 67.6 Å². The molecule has 0 heterocycles. The zero-order chi connectivity index (χ0) is 21.7. The van der Waals surface area contributed by atoms with E-state index in [2.05, 4.69) is 10.0 Å². The fourth-order valence-electron chi connectivity index (χ4n) is 2.80. The molecule has 156 valence electrons. The molecular formula is C23H24N2O4S. The van der Waals surface area contributed by atoms with Crippen molar-refractivity contribution in [3.63, 3.8) is 0 Å². The minimum atomic E-state index is -3.76. The maximum atomic E-state index is 12.7. The molecule has 0 aliphatic carbocycles. The molecule has 0 unspecified atom stereocenters. The number of ether oxygens (including phenoxy) is 1. The second-order valence-electron chi connectivity index (χ2n) is 6.86. The van der Waals surface area contributed by atoms with Gasteiger partial charge in [0.15, 0.2) is 0 Å². The van der Waals surface area contributed by atoms with Crippen LogP contribution in [0.15, 0.2) is 71.6 Å². The first kappa shape index (κ1) is 21.4. The zero-order valence-corrected chi connectivity index (χ0v) is 17.9. The van der Waals surface area contributed by atoms with Crippen molar-refractivity contribution >= 4 is 27.3 Å². The normalized spacial score (nSPS) is 11.0. The summed E-state index contributed by atoms with van der Waals surface area (Å²) in [6.07, 6.45) is 0. The molecule has 0 bridgehead atoms. The summed E-state index contributed by atoms with van der Waals surface area (Å²) in [6, 6.07) is 18.5. The van der Waals surface area contributed by atoms with Crippen molar-refractivity contribution in [2.75, 3.05) is 16.6 Å². The SMILES string of the molecule is CCOc1ccc(NC(=O)c2ccc(C)c(NS(=O)(=O)c3ccc(C)cc3)c2)cc1. The number of sulfonamides is 1. The van der Waals surface area contributed by atoms with Crippen molar-refractivity contribution in [1.29, 1.82) is 0 Å². The van der Waals surface area contributed by atoms with Crippen LogP contribution in [0.4, 0.5) is 11.4 Å². The summed E-state index contributed by atoms with van der Waals surface area (Å²) in [5.41, 5.74) is 3.00. The molecule has 3 rings (SSSR count). The van der Waals surface area contributed by atoms with Crippen molar-refractivity contribution < 1.29 is 17.9 Å². The number of rotatable bonds is 7. The summed E-state index contributed by atoms with van der Waals surface area (Å²) in [4.78, 5) is 12.8. The van der Waals surface area contributed by atoms with E-state index in [9.17, 15) is 13.2 Å². The van der Waals surface area contributed by atoms with Gasteiger partial charge in [0.2, 0.25) is 0 Å². The molecule has 0 spiro atoms. The Morgan fingerprint density at radius 3 is 2.23 bits per heavy atom. The highest BCUT2D eigenvalue weighted by Crippen LogP contribution is 2.23. The Morgan fingerprint density at radius 1 is 0.933 bits per heavy atom. The van der Waals surface area contributed by atoms with E-state index in [0.29, 0.717) is 29.1 Å². The smallest absolute Gasteiger partial charge is 0.261 e. The zero-order valence-electron chi connectivity index (χ0n) is 17.1. The molecule has 0 aliphatic heterocycles. The van der Waals surface area contributed by atoms with Gasteiger partial charge in [-0.15, -0.1) is 0 Å². The molecule has 0 aliphatic rings. The summed E-state index contributed by atoms with van der Waals surface area (Å²) >= 11 is 0. The Balaban J connectivity index is 1.78. The van der Waals surface area contributed by atoms with Gasteiger partial charge in [-0.05, 0) is 74.9 Å². The van der Waals surface area contributed by atoms with Crippen LogP contribution in [0.1, 0.15) is 28.4 Å². The summed E-state index contributed by atoms with van der Waals surface area (Å²) in [7, 11) is -3.76. The quantitative estimate of drug-likeness (QED) is 0.573. The first-order chi connectivity index (χ1) is 14.3. The van der Waals surface area contributed by atoms with Crippen LogP contribution >= 0.6 is 0 Å². The Bertz CT molecular complexity index is 1140. The molecule has 0 saturated heterocycles.